The summed E-state index contributed by atoms with van der Waals surface area (Å²) in [5.74, 6) is -1.71. The van der Waals surface area contributed by atoms with E-state index < -0.39 is 18.1 Å². The molecule has 0 aliphatic carbocycles. The van der Waals surface area contributed by atoms with E-state index in [0.29, 0.717) is 12.8 Å². The van der Waals surface area contributed by atoms with Gasteiger partial charge in [0.05, 0.1) is 0 Å². The smallest absolute Gasteiger partial charge is 0.344 e. The summed E-state index contributed by atoms with van der Waals surface area (Å²) in [4.78, 5) is 11.1. The van der Waals surface area contributed by atoms with Crippen LogP contribution in [0.15, 0.2) is 16.8 Å². The Labute approximate surface area is 119 Å². The summed E-state index contributed by atoms with van der Waals surface area (Å²) in [5, 5.41) is 9.32. The van der Waals surface area contributed by atoms with E-state index in [1.165, 1.54) is 0 Å². The second-order valence-electron chi connectivity index (χ2n) is 4.99. The van der Waals surface area contributed by atoms with Crippen LogP contribution in [0.1, 0.15) is 31.2 Å². The van der Waals surface area contributed by atoms with Crippen molar-refractivity contribution < 1.29 is 18.0 Å². The highest BCUT2D eigenvalue weighted by Gasteiger charge is 2.42. The van der Waals surface area contributed by atoms with Crippen molar-refractivity contribution in [3.05, 3.63) is 22.4 Å². The van der Waals surface area contributed by atoms with Crippen molar-refractivity contribution in [3.63, 3.8) is 0 Å². The number of piperidine rings is 1. The number of carbonyl (C=O) groups is 1. The zero-order valence-electron chi connectivity index (χ0n) is 11.0. The first-order chi connectivity index (χ1) is 9.41. The largest absolute Gasteiger partial charge is 0.471 e. The van der Waals surface area contributed by atoms with Gasteiger partial charge in [-0.15, -0.1) is 0 Å². The predicted molar refractivity (Wildman–Crippen MR) is 71.7 cm³/mol. The summed E-state index contributed by atoms with van der Waals surface area (Å²) >= 11 is 1.56. The summed E-state index contributed by atoms with van der Waals surface area (Å²) in [6.07, 6.45) is -3.61. The molecule has 0 saturated carbocycles. The van der Waals surface area contributed by atoms with Crippen LogP contribution in [0.4, 0.5) is 13.2 Å². The van der Waals surface area contributed by atoms with Crippen LogP contribution in [-0.4, -0.2) is 30.7 Å². The summed E-state index contributed by atoms with van der Waals surface area (Å²) in [7, 11) is 0. The molecule has 2 rings (SSSR count). The van der Waals surface area contributed by atoms with E-state index >= 15 is 0 Å². The molecular weight excluding hydrogens is 289 g/mol. The van der Waals surface area contributed by atoms with E-state index in [1.807, 2.05) is 23.8 Å². The van der Waals surface area contributed by atoms with E-state index in [2.05, 4.69) is 10.6 Å². The topological polar surface area (TPSA) is 41.1 Å². The molecule has 0 radical (unpaired) electrons. The van der Waals surface area contributed by atoms with Crippen LogP contribution in [0.25, 0.3) is 0 Å². The van der Waals surface area contributed by atoms with Gasteiger partial charge in [0, 0.05) is 18.6 Å². The summed E-state index contributed by atoms with van der Waals surface area (Å²) in [6, 6.07) is 1.37. The molecule has 1 amide bonds. The Kier molecular flexibility index (Phi) is 4.70. The van der Waals surface area contributed by atoms with Crippen molar-refractivity contribution in [1.29, 1.82) is 0 Å². The maximum Gasteiger partial charge on any atom is 0.471 e. The second-order valence-corrected chi connectivity index (χ2v) is 5.77. The summed E-state index contributed by atoms with van der Waals surface area (Å²) < 4.78 is 37.1. The lowest BCUT2D eigenvalue weighted by Crippen LogP contribution is -2.57. The summed E-state index contributed by atoms with van der Waals surface area (Å²) in [6.45, 7) is 2.63. The van der Waals surface area contributed by atoms with E-state index in [-0.39, 0.29) is 12.0 Å². The fourth-order valence-corrected chi connectivity index (χ4v) is 3.33. The van der Waals surface area contributed by atoms with E-state index in [0.717, 1.165) is 12.1 Å². The molecule has 3 nitrogen and oxygen atoms in total. The highest BCUT2D eigenvalue weighted by atomic mass is 32.1. The molecule has 3 atom stereocenters. The third-order valence-electron chi connectivity index (χ3n) is 3.68. The molecule has 1 aliphatic heterocycles. The van der Waals surface area contributed by atoms with Crippen molar-refractivity contribution in [2.24, 2.45) is 0 Å². The molecular formula is C13H17F3N2OS. The number of thiophene rings is 1. The molecule has 2 N–H and O–H groups in total. The number of nitrogens with one attached hydrogen (secondary N) is 2. The fourth-order valence-electron chi connectivity index (χ4n) is 2.59. The average Bonchev–Trinajstić information content (AvgIpc) is 2.91. The predicted octanol–water partition coefficient (Wildman–Crippen LogP) is 2.65. The Morgan fingerprint density at radius 2 is 2.30 bits per heavy atom. The van der Waals surface area contributed by atoms with Gasteiger partial charge in [-0.05, 0) is 41.1 Å². The Hall–Kier alpha value is -1.08. The monoisotopic (exact) mass is 306 g/mol. The van der Waals surface area contributed by atoms with Gasteiger partial charge in [-0.3, -0.25) is 4.79 Å². The number of hydrogen-bond donors (Lipinski definition) is 2. The van der Waals surface area contributed by atoms with Crippen molar-refractivity contribution >= 4 is 17.2 Å². The minimum absolute atomic E-state index is 0.115. The van der Waals surface area contributed by atoms with Crippen LogP contribution in [0.2, 0.25) is 0 Å². The van der Waals surface area contributed by atoms with Crippen LogP contribution in [0.5, 0.6) is 0 Å². The van der Waals surface area contributed by atoms with E-state index in [9.17, 15) is 18.0 Å². The molecule has 1 fully saturated rings. The molecule has 1 saturated heterocycles. The third-order valence-corrected chi connectivity index (χ3v) is 4.38. The highest BCUT2D eigenvalue weighted by Crippen LogP contribution is 2.28. The highest BCUT2D eigenvalue weighted by molar-refractivity contribution is 7.07. The first-order valence-corrected chi connectivity index (χ1v) is 7.49. The Morgan fingerprint density at radius 1 is 1.55 bits per heavy atom. The number of alkyl halides is 3. The Balaban J connectivity index is 2.05. The van der Waals surface area contributed by atoms with Gasteiger partial charge in [0.1, 0.15) is 0 Å². The van der Waals surface area contributed by atoms with Crippen molar-refractivity contribution in [2.45, 2.75) is 43.9 Å². The standard InChI is InChI=1S/C13H17F3N2OS/c1-2-10-11(18-12(19)13(14,15)16)5-9(6-17-10)8-3-4-20-7-8/h3-4,7,9-11,17H,2,5-6H2,1H3,(H,18,19). The molecule has 0 bridgehead atoms. The number of hydrogen-bond acceptors (Lipinski definition) is 3. The Bertz CT molecular complexity index is 447. The van der Waals surface area contributed by atoms with Crippen molar-refractivity contribution in [3.8, 4) is 0 Å². The van der Waals surface area contributed by atoms with Gasteiger partial charge >= 0.3 is 12.1 Å². The van der Waals surface area contributed by atoms with E-state index in [4.69, 9.17) is 0 Å². The van der Waals surface area contributed by atoms with Crippen LogP contribution < -0.4 is 10.6 Å². The molecule has 1 aliphatic rings. The van der Waals surface area contributed by atoms with Gasteiger partial charge in [-0.25, -0.2) is 0 Å². The number of halogens is 3. The second kappa shape index (κ2) is 6.13. The minimum Gasteiger partial charge on any atom is -0.344 e. The zero-order valence-corrected chi connectivity index (χ0v) is 11.9. The Morgan fingerprint density at radius 3 is 2.85 bits per heavy atom. The molecule has 1 aromatic rings. The lowest BCUT2D eigenvalue weighted by atomic mass is 9.85. The number of amides is 1. The van der Waals surface area contributed by atoms with Crippen LogP contribution in [0.3, 0.4) is 0 Å². The normalized spacial score (nSPS) is 27.3. The molecule has 1 aromatic heterocycles. The average molecular weight is 306 g/mol. The number of rotatable bonds is 3. The van der Waals surface area contributed by atoms with Crippen LogP contribution in [0, 0.1) is 0 Å². The minimum atomic E-state index is -4.83. The van der Waals surface area contributed by atoms with E-state index in [1.54, 1.807) is 11.3 Å². The molecule has 112 valence electrons. The van der Waals surface area contributed by atoms with Gasteiger partial charge in [0.25, 0.3) is 0 Å². The van der Waals surface area contributed by atoms with Gasteiger partial charge < -0.3 is 10.6 Å². The first-order valence-electron chi connectivity index (χ1n) is 6.55. The SMILES string of the molecule is CCC1NCC(c2ccsc2)CC1NC(=O)C(F)(F)F. The van der Waals surface area contributed by atoms with Gasteiger partial charge in [0.2, 0.25) is 0 Å². The molecule has 0 spiro atoms. The van der Waals surface area contributed by atoms with Crippen LogP contribution in [-0.2, 0) is 4.79 Å². The maximum atomic E-state index is 12.4. The summed E-state index contributed by atoms with van der Waals surface area (Å²) in [5.41, 5.74) is 1.11. The lowest BCUT2D eigenvalue weighted by molar-refractivity contribution is -0.174. The number of carbonyl (C=O) groups excluding carboxylic acids is 1. The van der Waals surface area contributed by atoms with Crippen LogP contribution >= 0.6 is 11.3 Å². The van der Waals surface area contributed by atoms with Gasteiger partial charge in [-0.1, -0.05) is 6.92 Å². The molecule has 0 aromatic carbocycles. The lowest BCUT2D eigenvalue weighted by Gasteiger charge is -2.37. The quantitative estimate of drug-likeness (QED) is 0.901. The molecule has 2 heterocycles. The van der Waals surface area contributed by atoms with Crippen molar-refractivity contribution in [1.82, 2.24) is 10.6 Å². The van der Waals surface area contributed by atoms with Gasteiger partial charge in [-0.2, -0.15) is 24.5 Å². The molecule has 20 heavy (non-hydrogen) atoms. The zero-order chi connectivity index (χ0) is 14.8. The third kappa shape index (κ3) is 3.52. The van der Waals surface area contributed by atoms with Gasteiger partial charge in [0.15, 0.2) is 0 Å². The maximum absolute atomic E-state index is 12.4. The molecule has 3 unspecified atom stereocenters. The first kappa shape index (κ1) is 15.3. The van der Waals surface area contributed by atoms with Crippen molar-refractivity contribution in [2.75, 3.05) is 6.54 Å². The molecule has 7 heteroatoms. The fraction of sp³-hybridized carbons (Fsp3) is 0.615.